The van der Waals surface area contributed by atoms with Crippen LogP contribution in [0.5, 0.6) is 0 Å². The summed E-state index contributed by atoms with van der Waals surface area (Å²) in [5, 5.41) is 9.65. The van der Waals surface area contributed by atoms with Crippen molar-refractivity contribution in [1.29, 1.82) is 0 Å². The molecular formula is C57H39B2N5. The third-order valence-electron chi connectivity index (χ3n) is 12.7. The maximum atomic E-state index is 5.26. The van der Waals surface area contributed by atoms with Gasteiger partial charge in [-0.15, -0.1) is 10.2 Å². The number of anilines is 6. The highest BCUT2D eigenvalue weighted by Crippen LogP contribution is 2.40. The Balaban J connectivity index is 0.938. The number of nitrogens with zero attached hydrogens (tertiary/aromatic N) is 5. The molecule has 0 spiro atoms. The largest absolute Gasteiger partial charge is 0.312 e. The summed E-state index contributed by atoms with van der Waals surface area (Å²) in [4.78, 5) is 10.0. The third-order valence-corrected chi connectivity index (χ3v) is 12.7. The molecule has 2 aliphatic rings. The molecule has 3 heterocycles. The predicted octanol–water partition coefficient (Wildman–Crippen LogP) is 9.47. The maximum absolute atomic E-state index is 5.26. The first kappa shape index (κ1) is 37.5. The van der Waals surface area contributed by atoms with E-state index < -0.39 is 0 Å². The van der Waals surface area contributed by atoms with Crippen molar-refractivity contribution < 1.29 is 0 Å². The van der Waals surface area contributed by atoms with Crippen LogP contribution in [0, 0.1) is 0 Å². The van der Waals surface area contributed by atoms with Crippen molar-refractivity contribution >= 4 is 80.3 Å². The zero-order valence-corrected chi connectivity index (χ0v) is 34.9. The summed E-state index contributed by atoms with van der Waals surface area (Å²) in [6.45, 7) is 0.264. The molecule has 0 amide bonds. The number of para-hydroxylation sites is 4. The number of hydrogen-bond acceptors (Lipinski definition) is 5. The molecule has 9 aromatic carbocycles. The molecule has 0 fully saturated rings. The van der Waals surface area contributed by atoms with Crippen LogP contribution in [0.1, 0.15) is 0 Å². The fourth-order valence-corrected chi connectivity index (χ4v) is 9.87. The predicted molar refractivity (Wildman–Crippen MR) is 268 cm³/mol. The van der Waals surface area contributed by atoms with Crippen LogP contribution in [-0.2, 0) is 0 Å². The summed E-state index contributed by atoms with van der Waals surface area (Å²) < 4.78 is 0. The molecule has 10 aromatic rings. The van der Waals surface area contributed by atoms with Crippen molar-refractivity contribution in [3.63, 3.8) is 0 Å². The van der Waals surface area contributed by atoms with E-state index in [0.717, 1.165) is 39.5 Å². The molecule has 0 bridgehead atoms. The van der Waals surface area contributed by atoms with E-state index in [4.69, 9.17) is 15.2 Å². The zero-order valence-electron chi connectivity index (χ0n) is 34.9. The molecule has 0 saturated carbocycles. The van der Waals surface area contributed by atoms with E-state index in [-0.39, 0.29) is 13.4 Å². The molecule has 0 N–H and O–H groups in total. The first-order valence-electron chi connectivity index (χ1n) is 21.9. The average molecular weight is 816 g/mol. The monoisotopic (exact) mass is 815 g/mol. The molecule has 0 unspecified atom stereocenters. The van der Waals surface area contributed by atoms with Crippen molar-refractivity contribution in [2.24, 2.45) is 0 Å². The van der Waals surface area contributed by atoms with Crippen LogP contribution in [-0.4, -0.2) is 28.6 Å². The minimum absolute atomic E-state index is 0.132. The Bertz CT molecular complexity index is 3200. The van der Waals surface area contributed by atoms with Gasteiger partial charge in [-0.1, -0.05) is 199 Å². The molecule has 298 valence electrons. The molecule has 0 radical (unpaired) electrons. The summed E-state index contributed by atoms with van der Waals surface area (Å²) in [6.07, 6.45) is 0. The molecule has 64 heavy (non-hydrogen) atoms. The van der Waals surface area contributed by atoms with Gasteiger partial charge in [0.15, 0.2) is 5.82 Å². The Morgan fingerprint density at radius 2 is 0.625 bits per heavy atom. The molecule has 1 aromatic heterocycles. The quantitative estimate of drug-likeness (QED) is 0.150. The highest BCUT2D eigenvalue weighted by molar-refractivity contribution is 6.98. The van der Waals surface area contributed by atoms with E-state index in [0.29, 0.717) is 5.82 Å². The van der Waals surface area contributed by atoms with E-state index in [9.17, 15) is 0 Å². The van der Waals surface area contributed by atoms with Crippen LogP contribution in [0.2, 0.25) is 0 Å². The van der Waals surface area contributed by atoms with Crippen LogP contribution in [0.25, 0.3) is 33.9 Å². The first-order chi connectivity index (χ1) is 31.8. The van der Waals surface area contributed by atoms with Gasteiger partial charge in [0.1, 0.15) is 11.4 Å². The van der Waals surface area contributed by atoms with Gasteiger partial charge >= 0.3 is 0 Å². The molecular weight excluding hydrogens is 776 g/mol. The third kappa shape index (κ3) is 6.40. The van der Waals surface area contributed by atoms with Crippen molar-refractivity contribution in [3.05, 3.63) is 237 Å². The van der Waals surface area contributed by atoms with E-state index in [1.807, 2.05) is 30.3 Å². The van der Waals surface area contributed by atoms with Gasteiger partial charge in [0.05, 0.1) is 0 Å². The van der Waals surface area contributed by atoms with Crippen molar-refractivity contribution in [2.45, 2.75) is 0 Å². The minimum atomic E-state index is 0.132. The molecule has 0 atom stereocenters. The van der Waals surface area contributed by atoms with Gasteiger partial charge in [-0.05, 0) is 70.4 Å². The Kier molecular flexibility index (Phi) is 9.30. The Morgan fingerprint density at radius 1 is 0.281 bits per heavy atom. The minimum Gasteiger partial charge on any atom is -0.312 e. The Labute approximate surface area is 374 Å². The van der Waals surface area contributed by atoms with Gasteiger partial charge < -0.3 is 9.80 Å². The van der Waals surface area contributed by atoms with Crippen LogP contribution in [0.4, 0.5) is 34.1 Å². The van der Waals surface area contributed by atoms with Gasteiger partial charge in [-0.2, -0.15) is 0 Å². The SMILES string of the molecule is c1ccc(B2c3ccccc3N(c3ccc(-c4nnc(-c5ccccc5)nc4-c4ccc(N5c6ccccc6B(c6ccccc6)c6ccccc65)cc4)cc3)c3ccccc32)cc1. The fourth-order valence-electron chi connectivity index (χ4n) is 9.87. The second-order valence-electron chi connectivity index (χ2n) is 16.4. The van der Waals surface area contributed by atoms with Gasteiger partial charge in [0.2, 0.25) is 13.4 Å². The standard InChI is InChI=1S/C57H39B2N5/c1-4-18-42(19-5-1)57-60-55(40-32-36-45(37-33-40)63-51-28-14-10-24-47(51)58(43-20-6-2-7-21-43)48-25-11-15-29-52(48)63)56(61-62-57)41-34-38-46(39-35-41)64-53-30-16-12-26-49(53)59(44-22-8-3-9-23-44)50-27-13-17-31-54(50)64/h1-39H. The van der Waals surface area contributed by atoms with Crippen LogP contribution in [0.3, 0.4) is 0 Å². The van der Waals surface area contributed by atoms with Crippen molar-refractivity contribution in [2.75, 3.05) is 9.80 Å². The van der Waals surface area contributed by atoms with Crippen LogP contribution in [0.15, 0.2) is 237 Å². The highest BCUT2D eigenvalue weighted by atomic mass is 15.2. The van der Waals surface area contributed by atoms with E-state index in [1.165, 1.54) is 55.5 Å². The molecule has 7 heteroatoms. The van der Waals surface area contributed by atoms with Crippen LogP contribution >= 0.6 is 0 Å². The normalized spacial score (nSPS) is 12.6. The number of fused-ring (bicyclic) bond motifs is 4. The van der Waals surface area contributed by atoms with Gasteiger partial charge in [-0.3, -0.25) is 0 Å². The smallest absolute Gasteiger partial charge is 0.246 e. The topological polar surface area (TPSA) is 45.2 Å². The zero-order chi connectivity index (χ0) is 42.4. The van der Waals surface area contributed by atoms with Crippen LogP contribution < -0.4 is 42.6 Å². The number of benzene rings is 9. The Morgan fingerprint density at radius 3 is 1.03 bits per heavy atom. The summed E-state index contributed by atoms with van der Waals surface area (Å²) in [6, 6.07) is 84.3. The number of aromatic nitrogens is 3. The first-order valence-corrected chi connectivity index (χ1v) is 21.9. The summed E-state index contributed by atoms with van der Waals surface area (Å²) in [7, 11) is 0. The Hall–Kier alpha value is -8.28. The van der Waals surface area contributed by atoms with Gasteiger partial charge in [-0.25, -0.2) is 4.98 Å². The highest BCUT2D eigenvalue weighted by Gasteiger charge is 2.36. The van der Waals surface area contributed by atoms with Crippen molar-refractivity contribution in [3.8, 4) is 33.9 Å². The lowest BCUT2D eigenvalue weighted by molar-refractivity contribution is 0.991. The second-order valence-corrected chi connectivity index (χ2v) is 16.4. The average Bonchev–Trinajstić information content (AvgIpc) is 3.38. The maximum Gasteiger partial charge on any atom is 0.246 e. The molecule has 2 aliphatic heterocycles. The van der Waals surface area contributed by atoms with E-state index in [1.54, 1.807) is 0 Å². The van der Waals surface area contributed by atoms with Crippen molar-refractivity contribution in [1.82, 2.24) is 15.2 Å². The van der Waals surface area contributed by atoms with E-state index >= 15 is 0 Å². The lowest BCUT2D eigenvalue weighted by Crippen LogP contribution is -2.57. The number of rotatable bonds is 7. The lowest BCUT2D eigenvalue weighted by atomic mass is 9.35. The fraction of sp³-hybridized carbons (Fsp3) is 0. The number of hydrogen-bond donors (Lipinski definition) is 0. The summed E-state index contributed by atoms with van der Waals surface area (Å²) in [5.74, 6) is 0.584. The second kappa shape index (κ2) is 15.9. The van der Waals surface area contributed by atoms with Gasteiger partial charge in [0.25, 0.3) is 0 Å². The van der Waals surface area contributed by atoms with E-state index in [2.05, 4.69) is 216 Å². The van der Waals surface area contributed by atoms with Gasteiger partial charge in [0, 0.05) is 50.8 Å². The molecule has 12 rings (SSSR count). The lowest BCUT2D eigenvalue weighted by Gasteiger charge is -2.37. The molecule has 5 nitrogen and oxygen atoms in total. The molecule has 0 aliphatic carbocycles. The molecule has 0 saturated heterocycles. The summed E-state index contributed by atoms with van der Waals surface area (Å²) >= 11 is 0. The summed E-state index contributed by atoms with van der Waals surface area (Å²) in [5.41, 5.74) is 18.8.